The van der Waals surface area contributed by atoms with Crippen molar-refractivity contribution < 1.29 is 4.79 Å². The van der Waals surface area contributed by atoms with Crippen LogP contribution < -0.4 is 0 Å². The first kappa shape index (κ1) is 8.62. The monoisotopic (exact) mass is 177 g/mol. The summed E-state index contributed by atoms with van der Waals surface area (Å²) in [5, 5.41) is 0. The lowest BCUT2D eigenvalue weighted by Crippen LogP contribution is -2.52. The van der Waals surface area contributed by atoms with Gasteiger partial charge in [-0.2, -0.15) is 0 Å². The van der Waals surface area contributed by atoms with Gasteiger partial charge in [0.15, 0.2) is 0 Å². The lowest BCUT2D eigenvalue weighted by Gasteiger charge is -2.45. The van der Waals surface area contributed by atoms with Crippen molar-refractivity contribution in [3.8, 4) is 12.3 Å². The van der Waals surface area contributed by atoms with Gasteiger partial charge in [-0.25, -0.2) is 0 Å². The topological polar surface area (TPSA) is 20.3 Å². The number of rotatable bonds is 2. The molecule has 0 N–H and O–H groups in total. The highest BCUT2D eigenvalue weighted by atomic mass is 16.2. The Morgan fingerprint density at radius 3 is 2.38 bits per heavy atom. The van der Waals surface area contributed by atoms with Crippen LogP contribution in [0, 0.1) is 17.8 Å². The van der Waals surface area contributed by atoms with E-state index in [2.05, 4.69) is 5.92 Å². The van der Waals surface area contributed by atoms with Crippen molar-refractivity contribution in [2.45, 2.75) is 32.1 Å². The highest BCUT2D eigenvalue weighted by molar-refractivity contribution is 5.84. The molecule has 13 heavy (non-hydrogen) atoms. The number of terminal acetylenes is 1. The van der Waals surface area contributed by atoms with Gasteiger partial charge in [-0.05, 0) is 19.3 Å². The Hall–Kier alpha value is -0.970. The van der Waals surface area contributed by atoms with Crippen molar-refractivity contribution in [2.24, 2.45) is 5.41 Å². The predicted molar refractivity (Wildman–Crippen MR) is 50.9 cm³/mol. The summed E-state index contributed by atoms with van der Waals surface area (Å²) in [5.74, 6) is 2.97. The number of amides is 1. The summed E-state index contributed by atoms with van der Waals surface area (Å²) >= 11 is 0. The summed E-state index contributed by atoms with van der Waals surface area (Å²) < 4.78 is 0. The van der Waals surface area contributed by atoms with Crippen molar-refractivity contribution in [2.75, 3.05) is 13.1 Å². The third-order valence-electron chi connectivity index (χ3n) is 3.35. The third kappa shape index (κ3) is 1.23. The highest BCUT2D eigenvalue weighted by Gasteiger charge is 2.46. The average molecular weight is 177 g/mol. The summed E-state index contributed by atoms with van der Waals surface area (Å²) in [7, 11) is 0. The number of hydrogen-bond acceptors (Lipinski definition) is 1. The molecule has 0 bridgehead atoms. The Morgan fingerprint density at radius 2 is 2.08 bits per heavy atom. The summed E-state index contributed by atoms with van der Waals surface area (Å²) in [6, 6.07) is 0. The molecule has 70 valence electrons. The minimum absolute atomic E-state index is 0.144. The van der Waals surface area contributed by atoms with E-state index >= 15 is 0 Å². The van der Waals surface area contributed by atoms with E-state index in [-0.39, 0.29) is 5.41 Å². The average Bonchev–Trinajstić information content (AvgIpc) is 1.92. The molecule has 1 amide bonds. The number of carbonyl (C=O) groups excluding carboxylic acids is 1. The second-order valence-electron chi connectivity index (χ2n) is 4.16. The van der Waals surface area contributed by atoms with Crippen molar-refractivity contribution >= 4 is 5.91 Å². The van der Waals surface area contributed by atoms with E-state index in [0.717, 1.165) is 32.4 Å². The zero-order chi connectivity index (χ0) is 9.31. The van der Waals surface area contributed by atoms with E-state index in [4.69, 9.17) is 6.42 Å². The van der Waals surface area contributed by atoms with Crippen LogP contribution >= 0.6 is 0 Å². The number of hydrogen-bond donors (Lipinski definition) is 0. The Balaban J connectivity index is 2.03. The zero-order valence-electron chi connectivity index (χ0n) is 7.88. The Bertz CT molecular complexity index is 256. The minimum Gasteiger partial charge on any atom is -0.342 e. The molecule has 0 aromatic rings. The van der Waals surface area contributed by atoms with Gasteiger partial charge >= 0.3 is 0 Å². The first-order chi connectivity index (χ1) is 6.28. The Morgan fingerprint density at radius 1 is 1.38 bits per heavy atom. The zero-order valence-corrected chi connectivity index (χ0v) is 7.88. The molecule has 2 aliphatic rings. The highest BCUT2D eigenvalue weighted by Crippen LogP contribution is 2.45. The fraction of sp³-hybridized carbons (Fsp3) is 0.727. The second kappa shape index (κ2) is 3.06. The van der Waals surface area contributed by atoms with Crippen LogP contribution in [-0.2, 0) is 4.79 Å². The van der Waals surface area contributed by atoms with Crippen LogP contribution in [0.4, 0.5) is 0 Å². The van der Waals surface area contributed by atoms with Crippen LogP contribution in [0.25, 0.3) is 0 Å². The first-order valence-corrected chi connectivity index (χ1v) is 5.01. The molecule has 0 unspecified atom stereocenters. The molecule has 1 saturated heterocycles. The molecule has 0 spiro atoms. The van der Waals surface area contributed by atoms with Gasteiger partial charge in [-0.15, -0.1) is 12.3 Å². The summed E-state index contributed by atoms with van der Waals surface area (Å²) in [6.45, 7) is 1.90. The maximum absolute atomic E-state index is 11.9. The van der Waals surface area contributed by atoms with Crippen molar-refractivity contribution in [1.82, 2.24) is 4.90 Å². The largest absolute Gasteiger partial charge is 0.342 e. The lowest BCUT2D eigenvalue weighted by atomic mass is 9.65. The normalized spacial score (nSPS) is 24.1. The third-order valence-corrected chi connectivity index (χ3v) is 3.35. The van der Waals surface area contributed by atoms with Gasteiger partial charge in [0.05, 0.1) is 5.41 Å². The number of likely N-dealkylation sites (tertiary alicyclic amines) is 1. The summed E-state index contributed by atoms with van der Waals surface area (Å²) in [5.41, 5.74) is -0.144. The fourth-order valence-corrected chi connectivity index (χ4v) is 2.12. The molecule has 0 aromatic carbocycles. The molecular weight excluding hydrogens is 162 g/mol. The second-order valence-corrected chi connectivity index (χ2v) is 4.16. The van der Waals surface area contributed by atoms with Gasteiger partial charge in [0.1, 0.15) is 0 Å². The molecule has 0 atom stereocenters. The molecule has 2 fully saturated rings. The molecule has 0 aromatic heterocycles. The molecule has 0 radical (unpaired) electrons. The first-order valence-electron chi connectivity index (χ1n) is 5.01. The van der Waals surface area contributed by atoms with Gasteiger partial charge in [0.25, 0.3) is 0 Å². The van der Waals surface area contributed by atoms with E-state index in [9.17, 15) is 4.79 Å². The number of carbonyl (C=O) groups is 1. The van der Waals surface area contributed by atoms with E-state index in [1.807, 2.05) is 4.90 Å². The van der Waals surface area contributed by atoms with E-state index < -0.39 is 0 Å². The maximum Gasteiger partial charge on any atom is 0.229 e. The minimum atomic E-state index is -0.144. The molecule has 1 heterocycles. The molecule has 1 aliphatic heterocycles. The van der Waals surface area contributed by atoms with Gasteiger partial charge in [0, 0.05) is 19.5 Å². The standard InChI is InChI=1S/C11H15NO/c1-2-5-11(6-3-7-11)10(13)12-8-4-9-12/h1H,3-9H2. The molecule has 2 rings (SSSR count). The molecule has 2 nitrogen and oxygen atoms in total. The predicted octanol–water partition coefficient (Wildman–Crippen LogP) is 1.41. The van der Waals surface area contributed by atoms with E-state index in [0.29, 0.717) is 12.3 Å². The van der Waals surface area contributed by atoms with Crippen LogP contribution in [0.15, 0.2) is 0 Å². The van der Waals surface area contributed by atoms with E-state index in [1.165, 1.54) is 6.42 Å². The van der Waals surface area contributed by atoms with Crippen LogP contribution in [0.5, 0.6) is 0 Å². The van der Waals surface area contributed by atoms with Gasteiger partial charge in [-0.3, -0.25) is 4.79 Å². The lowest BCUT2D eigenvalue weighted by molar-refractivity contribution is -0.150. The van der Waals surface area contributed by atoms with Crippen LogP contribution in [0.1, 0.15) is 32.1 Å². The van der Waals surface area contributed by atoms with Crippen LogP contribution in [-0.4, -0.2) is 23.9 Å². The molecule has 1 aliphatic carbocycles. The van der Waals surface area contributed by atoms with Crippen molar-refractivity contribution in [3.63, 3.8) is 0 Å². The van der Waals surface area contributed by atoms with Crippen LogP contribution in [0.2, 0.25) is 0 Å². The van der Waals surface area contributed by atoms with Crippen LogP contribution in [0.3, 0.4) is 0 Å². The molecular formula is C11H15NO. The van der Waals surface area contributed by atoms with Crippen molar-refractivity contribution in [1.29, 1.82) is 0 Å². The SMILES string of the molecule is C#CCC1(C(=O)N2CCC2)CCC1. The van der Waals surface area contributed by atoms with Crippen molar-refractivity contribution in [3.05, 3.63) is 0 Å². The fourth-order valence-electron chi connectivity index (χ4n) is 2.12. The number of nitrogens with zero attached hydrogens (tertiary/aromatic N) is 1. The molecule has 1 saturated carbocycles. The van der Waals surface area contributed by atoms with Gasteiger partial charge in [-0.1, -0.05) is 6.42 Å². The Kier molecular flexibility index (Phi) is 2.03. The smallest absolute Gasteiger partial charge is 0.229 e. The molecule has 2 heteroatoms. The quantitative estimate of drug-likeness (QED) is 0.584. The maximum atomic E-state index is 11.9. The van der Waals surface area contributed by atoms with Gasteiger partial charge < -0.3 is 4.90 Å². The summed E-state index contributed by atoms with van der Waals surface area (Å²) in [6.07, 6.45) is 10.3. The van der Waals surface area contributed by atoms with E-state index in [1.54, 1.807) is 0 Å². The Labute approximate surface area is 79.3 Å². The summed E-state index contributed by atoms with van der Waals surface area (Å²) in [4.78, 5) is 13.9. The van der Waals surface area contributed by atoms with Gasteiger partial charge in [0.2, 0.25) is 5.91 Å².